The molecule has 36 heavy (non-hydrogen) atoms. The predicted octanol–water partition coefficient (Wildman–Crippen LogP) is 5.86. The number of amides is 2. The van der Waals surface area contributed by atoms with Gasteiger partial charge in [-0.05, 0) is 47.5 Å². The maximum Gasteiger partial charge on any atom is 0.240 e. The molecule has 0 heterocycles. The molecule has 1 N–H and O–H groups in total. The molecule has 6 nitrogen and oxygen atoms in total. The van der Waals surface area contributed by atoms with E-state index in [-0.39, 0.29) is 24.7 Å². The molecule has 0 aromatic heterocycles. The third-order valence-electron chi connectivity index (χ3n) is 5.35. The summed E-state index contributed by atoms with van der Waals surface area (Å²) in [4.78, 5) is 27.0. The Hall–Kier alpha value is -4.71. The number of nitrogens with zero attached hydrogens (tertiary/aromatic N) is 2. The third-order valence-corrected chi connectivity index (χ3v) is 5.35. The van der Waals surface area contributed by atoms with Crippen molar-refractivity contribution in [3.8, 4) is 5.75 Å². The van der Waals surface area contributed by atoms with Crippen molar-refractivity contribution >= 4 is 29.4 Å². The van der Waals surface area contributed by atoms with Gasteiger partial charge in [0.1, 0.15) is 12.4 Å². The fraction of sp³-hybridized carbons (Fsp3) is 0.100. The topological polar surface area (TPSA) is 71.0 Å². The van der Waals surface area contributed by atoms with E-state index in [1.54, 1.807) is 11.1 Å². The van der Waals surface area contributed by atoms with Crippen LogP contribution in [0.1, 0.15) is 24.0 Å². The van der Waals surface area contributed by atoms with Crippen LogP contribution in [0.4, 0.5) is 11.4 Å². The number of nitrogens with one attached hydrogen (secondary N) is 1. The summed E-state index contributed by atoms with van der Waals surface area (Å²) in [6.07, 6.45) is 1.62. The molecular formula is C30H27N3O3. The number of hydrazone groups is 1. The minimum atomic E-state index is -0.336. The standard InChI is InChI=1S/C30H27N3O3/c34-29(19-20-30(35)33(26-14-6-2-7-15-26)27-16-8-3-9-17-27)32-31-22-25-13-10-18-28(21-25)36-23-24-11-4-1-5-12-24/h1-18,21-22H,19-20,23H2,(H,32,34)/b31-22+. The first-order valence-electron chi connectivity index (χ1n) is 11.7. The van der Waals surface area contributed by atoms with E-state index < -0.39 is 0 Å². The van der Waals surface area contributed by atoms with Crippen molar-refractivity contribution in [2.45, 2.75) is 19.4 Å². The number of anilines is 2. The highest BCUT2D eigenvalue weighted by molar-refractivity contribution is 6.01. The average Bonchev–Trinajstić information content (AvgIpc) is 2.93. The van der Waals surface area contributed by atoms with Gasteiger partial charge in [-0.25, -0.2) is 5.43 Å². The number of hydrogen-bond acceptors (Lipinski definition) is 4. The van der Waals surface area contributed by atoms with Crippen molar-refractivity contribution in [2.24, 2.45) is 5.10 Å². The van der Waals surface area contributed by atoms with E-state index in [4.69, 9.17) is 4.74 Å². The first-order chi connectivity index (χ1) is 17.7. The lowest BCUT2D eigenvalue weighted by molar-refractivity contribution is -0.124. The summed E-state index contributed by atoms with van der Waals surface area (Å²) >= 11 is 0. The summed E-state index contributed by atoms with van der Waals surface area (Å²) in [7, 11) is 0. The highest BCUT2D eigenvalue weighted by Gasteiger charge is 2.18. The van der Waals surface area contributed by atoms with Gasteiger partial charge >= 0.3 is 0 Å². The zero-order chi connectivity index (χ0) is 25.0. The number of ether oxygens (including phenoxy) is 1. The maximum absolute atomic E-state index is 13.0. The molecule has 0 saturated heterocycles. The van der Waals surface area contributed by atoms with Crippen LogP contribution < -0.4 is 15.1 Å². The van der Waals surface area contributed by atoms with Crippen molar-refractivity contribution in [1.29, 1.82) is 0 Å². The minimum Gasteiger partial charge on any atom is -0.489 e. The summed E-state index contributed by atoms with van der Waals surface area (Å²) in [6, 6.07) is 36.1. The van der Waals surface area contributed by atoms with E-state index >= 15 is 0 Å². The number of carbonyl (C=O) groups is 2. The molecule has 0 bridgehead atoms. The molecule has 0 unspecified atom stereocenters. The second kappa shape index (κ2) is 12.7. The van der Waals surface area contributed by atoms with Gasteiger partial charge in [0, 0.05) is 24.2 Å². The summed E-state index contributed by atoms with van der Waals surface area (Å²) < 4.78 is 5.83. The minimum absolute atomic E-state index is 0.0204. The van der Waals surface area contributed by atoms with Crippen LogP contribution >= 0.6 is 0 Å². The Morgan fingerprint density at radius 3 is 2.00 bits per heavy atom. The Bertz CT molecular complexity index is 1250. The van der Waals surface area contributed by atoms with E-state index in [1.807, 2.05) is 115 Å². The van der Waals surface area contributed by atoms with Gasteiger partial charge in [0.2, 0.25) is 11.8 Å². The van der Waals surface area contributed by atoms with Crippen LogP contribution in [0.5, 0.6) is 5.75 Å². The Kier molecular flexibility index (Phi) is 8.59. The van der Waals surface area contributed by atoms with Gasteiger partial charge in [0.05, 0.1) is 6.21 Å². The number of rotatable bonds is 10. The molecule has 0 aliphatic rings. The molecule has 4 rings (SSSR count). The lowest BCUT2D eigenvalue weighted by atomic mass is 10.2. The summed E-state index contributed by atoms with van der Waals surface area (Å²) in [6.45, 7) is 0.467. The second-order valence-electron chi connectivity index (χ2n) is 8.04. The number of benzene rings is 4. The molecule has 0 aliphatic carbocycles. The number of carbonyl (C=O) groups excluding carboxylic acids is 2. The molecule has 0 aliphatic heterocycles. The van der Waals surface area contributed by atoms with Crippen LogP contribution in [0, 0.1) is 0 Å². The third kappa shape index (κ3) is 7.14. The Morgan fingerprint density at radius 2 is 1.36 bits per heavy atom. The first-order valence-corrected chi connectivity index (χ1v) is 11.7. The largest absolute Gasteiger partial charge is 0.489 e. The maximum atomic E-state index is 13.0. The van der Waals surface area contributed by atoms with E-state index in [2.05, 4.69) is 10.5 Å². The molecule has 180 valence electrons. The normalized spacial score (nSPS) is 10.7. The first kappa shape index (κ1) is 24.4. The molecule has 4 aromatic carbocycles. The van der Waals surface area contributed by atoms with E-state index in [1.165, 1.54) is 0 Å². The molecule has 0 atom stereocenters. The van der Waals surface area contributed by atoms with Crippen molar-refractivity contribution in [3.05, 3.63) is 126 Å². The second-order valence-corrected chi connectivity index (χ2v) is 8.04. The van der Waals surface area contributed by atoms with Crippen molar-refractivity contribution in [3.63, 3.8) is 0 Å². The molecule has 0 fully saturated rings. The Labute approximate surface area is 210 Å². The fourth-order valence-corrected chi connectivity index (χ4v) is 3.58. The van der Waals surface area contributed by atoms with Gasteiger partial charge in [0.15, 0.2) is 0 Å². The summed E-state index contributed by atoms with van der Waals surface area (Å²) in [5.74, 6) is 0.202. The average molecular weight is 478 g/mol. The van der Waals surface area contributed by atoms with Gasteiger partial charge in [-0.1, -0.05) is 78.9 Å². The lowest BCUT2D eigenvalue weighted by Crippen LogP contribution is -2.27. The van der Waals surface area contributed by atoms with Crippen LogP contribution in [-0.4, -0.2) is 18.0 Å². The van der Waals surface area contributed by atoms with Crippen LogP contribution in [0.3, 0.4) is 0 Å². The van der Waals surface area contributed by atoms with Gasteiger partial charge in [0.25, 0.3) is 0 Å². The molecular weight excluding hydrogens is 450 g/mol. The van der Waals surface area contributed by atoms with Crippen LogP contribution in [0.2, 0.25) is 0 Å². The number of para-hydroxylation sites is 2. The lowest BCUT2D eigenvalue weighted by Gasteiger charge is -2.23. The highest BCUT2D eigenvalue weighted by Crippen LogP contribution is 2.26. The molecule has 4 aromatic rings. The van der Waals surface area contributed by atoms with E-state index in [9.17, 15) is 9.59 Å². The van der Waals surface area contributed by atoms with Crippen LogP contribution in [0.25, 0.3) is 0 Å². The molecule has 6 heteroatoms. The molecule has 2 amide bonds. The van der Waals surface area contributed by atoms with Gasteiger partial charge in [-0.3, -0.25) is 14.5 Å². The fourth-order valence-electron chi connectivity index (χ4n) is 3.58. The van der Waals surface area contributed by atoms with Gasteiger partial charge < -0.3 is 4.74 Å². The SMILES string of the molecule is O=C(CCC(=O)N(c1ccccc1)c1ccccc1)N/N=C/c1cccc(OCc2ccccc2)c1. The smallest absolute Gasteiger partial charge is 0.240 e. The number of hydrogen-bond donors (Lipinski definition) is 1. The van der Waals surface area contributed by atoms with E-state index in [0.29, 0.717) is 12.4 Å². The van der Waals surface area contributed by atoms with Crippen molar-refractivity contribution in [1.82, 2.24) is 5.43 Å². The van der Waals surface area contributed by atoms with Gasteiger partial charge in [-0.2, -0.15) is 5.10 Å². The van der Waals surface area contributed by atoms with E-state index in [0.717, 1.165) is 22.5 Å². The van der Waals surface area contributed by atoms with Crippen LogP contribution in [0.15, 0.2) is 120 Å². The quantitative estimate of drug-likeness (QED) is 0.230. The van der Waals surface area contributed by atoms with Gasteiger partial charge in [-0.15, -0.1) is 0 Å². The Morgan fingerprint density at radius 1 is 0.750 bits per heavy atom. The zero-order valence-corrected chi connectivity index (χ0v) is 19.8. The summed E-state index contributed by atoms with van der Waals surface area (Å²) in [5.41, 5.74) is 5.87. The molecule has 0 radical (unpaired) electrons. The van der Waals surface area contributed by atoms with Crippen molar-refractivity contribution in [2.75, 3.05) is 4.90 Å². The molecule has 0 spiro atoms. The molecule has 0 saturated carbocycles. The summed E-state index contributed by atoms with van der Waals surface area (Å²) in [5, 5.41) is 4.04. The monoisotopic (exact) mass is 477 g/mol. The highest BCUT2D eigenvalue weighted by atomic mass is 16.5. The van der Waals surface area contributed by atoms with Crippen LogP contribution in [-0.2, 0) is 16.2 Å². The predicted molar refractivity (Wildman–Crippen MR) is 142 cm³/mol. The zero-order valence-electron chi connectivity index (χ0n) is 19.8. The van der Waals surface area contributed by atoms with Crippen molar-refractivity contribution < 1.29 is 14.3 Å². The Balaban J connectivity index is 1.29.